The fraction of sp³-hybridized carbons (Fsp3) is 0.391. The maximum atomic E-state index is 13.7. The zero-order valence-corrected chi connectivity index (χ0v) is 71.9. The van der Waals surface area contributed by atoms with Crippen LogP contribution < -0.4 is 42.5 Å². The van der Waals surface area contributed by atoms with Gasteiger partial charge in [0.2, 0.25) is 47.3 Å². The van der Waals surface area contributed by atoms with Crippen LogP contribution in [0.15, 0.2) is 170 Å². The Morgan fingerprint density at radius 1 is 0.276 bits per heavy atom. The first-order chi connectivity index (χ1) is 55.3. The summed E-state index contributed by atoms with van der Waals surface area (Å²) in [7, 11) is 0. The van der Waals surface area contributed by atoms with Crippen LogP contribution in [0, 0.1) is 47.3 Å². The van der Waals surface area contributed by atoms with Crippen molar-refractivity contribution in [2.24, 2.45) is 47.3 Å². The van der Waals surface area contributed by atoms with Gasteiger partial charge in [0.05, 0.1) is 21.7 Å². The third-order valence-corrected chi connectivity index (χ3v) is 26.6. The fourth-order valence-electron chi connectivity index (χ4n) is 20.5. The van der Waals surface area contributed by atoms with E-state index in [9.17, 15) is 38.4 Å². The summed E-state index contributed by atoms with van der Waals surface area (Å²) in [6, 6.07) is 52.5. The van der Waals surface area contributed by atoms with Gasteiger partial charge in [0.1, 0.15) is 0 Å². The summed E-state index contributed by atoms with van der Waals surface area (Å²) in [5, 5.41) is 29.1. The van der Waals surface area contributed by atoms with E-state index in [1.54, 1.807) is 24.3 Å². The molecule has 4 fully saturated rings. The molecule has 4 saturated heterocycles. The van der Waals surface area contributed by atoms with Crippen molar-refractivity contribution in [2.75, 3.05) is 47.4 Å². The van der Waals surface area contributed by atoms with E-state index >= 15 is 0 Å². The van der Waals surface area contributed by atoms with Crippen LogP contribution in [0.3, 0.4) is 0 Å². The predicted molar refractivity (Wildman–Crippen MR) is 466 cm³/mol. The number of carbonyl (C=O) groups excluding carboxylic acids is 8. The SMILES string of the molecule is CC(C)C[C@@H]1CC(=O)NC[C@H](c2cccc(Cl)c2)[C@@]12C(=O)Nc1cc(Cl)ccc12.CC(C)C[C@@H]1CNC(=O)C[C@H](c2cccc(Cl)c2)[C@@]12C(=O)Nc1cc(Cl)ccc12.CC(C)C[C@H]1CC(=O)NC[C@@H](c2cccc(Cl)c2)[C@]12C(=O)Nc1cc(Cl)ccc12.CC(C)C[C@H]1CNC(=O)C[C@@H](c2cccc(Cl)c2)[C@]12C(=O)Nc1cc(Cl)ccc12. The molecule has 0 aromatic heterocycles. The summed E-state index contributed by atoms with van der Waals surface area (Å²) >= 11 is 50.0. The Kier molecular flexibility index (Phi) is 26.2. The van der Waals surface area contributed by atoms with Gasteiger partial charge in [0.15, 0.2) is 0 Å². The third kappa shape index (κ3) is 16.7. The average Bonchev–Trinajstić information content (AvgIpc) is 1.57. The third-order valence-electron chi connectivity index (χ3n) is 24.7. The lowest BCUT2D eigenvalue weighted by Crippen LogP contribution is -2.48. The Labute approximate surface area is 718 Å². The lowest BCUT2D eigenvalue weighted by Gasteiger charge is -2.41. The summed E-state index contributed by atoms with van der Waals surface area (Å²) in [5.74, 6) is -0.495. The second-order valence-electron chi connectivity index (χ2n) is 33.8. The van der Waals surface area contributed by atoms with E-state index in [1.165, 1.54) is 0 Å². The molecule has 0 unspecified atom stereocenters. The largest absolute Gasteiger partial charge is 0.356 e. The molecule has 116 heavy (non-hydrogen) atoms. The summed E-state index contributed by atoms with van der Waals surface area (Å²) in [4.78, 5) is 106. The number of hydrogen-bond donors (Lipinski definition) is 8. The van der Waals surface area contributed by atoms with Gasteiger partial charge >= 0.3 is 0 Å². The molecule has 8 heterocycles. The molecule has 16 rings (SSSR count). The van der Waals surface area contributed by atoms with E-state index < -0.39 is 21.7 Å². The van der Waals surface area contributed by atoms with E-state index in [0.717, 1.165) is 92.9 Å². The molecular weight excluding hydrogens is 1630 g/mol. The molecule has 16 nitrogen and oxygen atoms in total. The monoisotopic (exact) mass is 1720 g/mol. The Morgan fingerprint density at radius 3 is 0.759 bits per heavy atom. The molecule has 0 aliphatic carbocycles. The number of rotatable bonds is 12. The molecular formula is C92H96Cl8N8O8. The van der Waals surface area contributed by atoms with Crippen molar-refractivity contribution >= 4 is 163 Å². The van der Waals surface area contributed by atoms with Crippen molar-refractivity contribution in [1.29, 1.82) is 0 Å². The van der Waals surface area contributed by atoms with Gasteiger partial charge < -0.3 is 42.5 Å². The summed E-state index contributed by atoms with van der Waals surface area (Å²) in [5.41, 5.74) is 6.84. The minimum atomic E-state index is -0.867. The van der Waals surface area contributed by atoms with Crippen LogP contribution in [-0.4, -0.2) is 73.4 Å². The van der Waals surface area contributed by atoms with E-state index in [0.29, 0.717) is 103 Å². The molecule has 8 aromatic carbocycles. The lowest BCUT2D eigenvalue weighted by molar-refractivity contribution is -0.126. The summed E-state index contributed by atoms with van der Waals surface area (Å²) in [6.45, 7) is 18.8. The van der Waals surface area contributed by atoms with Gasteiger partial charge in [-0.15, -0.1) is 0 Å². The number of halogens is 8. The van der Waals surface area contributed by atoms with Crippen molar-refractivity contribution in [3.05, 3.63) is 255 Å². The normalized spacial score (nSPS) is 26.2. The molecule has 8 aliphatic heterocycles. The van der Waals surface area contributed by atoms with E-state index in [4.69, 9.17) is 92.8 Å². The van der Waals surface area contributed by atoms with E-state index in [1.807, 2.05) is 146 Å². The number of hydrogen-bond acceptors (Lipinski definition) is 8. The molecule has 608 valence electrons. The standard InChI is InChI=1S/4C23H24Cl2N2O2/c2*1-13(2)8-15-12-26-21(28)11-19(14-4-3-5-16(24)9-14)23(15)18-7-6-17(25)10-20(18)27-22(23)29;2*1-13(2)8-15-10-21(28)26-12-19(14-4-3-5-16(24)9-14)23(15)18-7-6-17(25)11-20(18)27-22(23)29/h2*3-7,9-10,13,15,19H,8,11-12H2,1-2H3,(H,26,28)(H,27,29);2*3-7,9,11,13,15,19H,8,10,12H2,1-2H3,(H,26,28)(H,27,29)/t4*15-,19-,23-/m1010/s1. The predicted octanol–water partition coefficient (Wildman–Crippen LogP) is 20.6. The zero-order chi connectivity index (χ0) is 83.0. The summed E-state index contributed by atoms with van der Waals surface area (Å²) in [6.07, 6.45) is 4.23. The smallest absolute Gasteiger partial charge is 0.236 e. The number of amides is 8. The Bertz CT molecular complexity index is 4710. The highest BCUT2D eigenvalue weighted by Gasteiger charge is 2.63. The van der Waals surface area contributed by atoms with Crippen molar-refractivity contribution in [3.63, 3.8) is 0 Å². The molecule has 8 aliphatic rings. The van der Waals surface area contributed by atoms with Gasteiger partial charge in [-0.25, -0.2) is 0 Å². The first kappa shape index (κ1) is 85.7. The highest BCUT2D eigenvalue weighted by molar-refractivity contribution is 6.34. The minimum Gasteiger partial charge on any atom is -0.356 e. The molecule has 8 amide bonds. The molecule has 12 atom stereocenters. The van der Waals surface area contributed by atoms with Gasteiger partial charge in [0.25, 0.3) is 0 Å². The molecule has 0 radical (unpaired) electrons. The zero-order valence-electron chi connectivity index (χ0n) is 65.9. The van der Waals surface area contributed by atoms with Crippen molar-refractivity contribution < 1.29 is 38.4 Å². The molecule has 8 aromatic rings. The second-order valence-corrected chi connectivity index (χ2v) is 37.3. The highest BCUT2D eigenvalue weighted by atomic mass is 35.5. The molecule has 0 saturated carbocycles. The molecule has 24 heteroatoms. The van der Waals surface area contributed by atoms with Crippen LogP contribution in [0.25, 0.3) is 0 Å². The molecule has 8 N–H and O–H groups in total. The molecule has 4 spiro atoms. The lowest BCUT2D eigenvalue weighted by atomic mass is 9.59. The van der Waals surface area contributed by atoms with Crippen LogP contribution >= 0.6 is 92.8 Å². The molecule has 0 bridgehead atoms. The highest BCUT2D eigenvalue weighted by Crippen LogP contribution is 2.61. The number of carbonyl (C=O) groups is 8. The van der Waals surface area contributed by atoms with E-state index in [2.05, 4.69) is 97.9 Å². The van der Waals surface area contributed by atoms with Crippen LogP contribution in [0.1, 0.15) is 175 Å². The van der Waals surface area contributed by atoms with Crippen LogP contribution in [-0.2, 0) is 60.0 Å². The Balaban J connectivity index is 0.000000135. The first-order valence-corrected chi connectivity index (χ1v) is 42.8. The van der Waals surface area contributed by atoms with Crippen LogP contribution in [0.4, 0.5) is 22.7 Å². The maximum absolute atomic E-state index is 13.7. The van der Waals surface area contributed by atoms with Gasteiger partial charge in [-0.05, 0) is 215 Å². The van der Waals surface area contributed by atoms with E-state index in [-0.39, 0.29) is 107 Å². The van der Waals surface area contributed by atoms with Gasteiger partial charge in [-0.3, -0.25) is 38.4 Å². The van der Waals surface area contributed by atoms with Crippen molar-refractivity contribution in [1.82, 2.24) is 21.3 Å². The van der Waals surface area contributed by atoms with Gasteiger partial charge in [-0.1, -0.05) is 221 Å². The number of benzene rings is 8. The van der Waals surface area contributed by atoms with Crippen molar-refractivity contribution in [2.45, 2.75) is 152 Å². The van der Waals surface area contributed by atoms with Crippen LogP contribution in [0.2, 0.25) is 40.2 Å². The average molecular weight is 1730 g/mol. The van der Waals surface area contributed by atoms with Gasteiger partial charge in [-0.2, -0.15) is 0 Å². The van der Waals surface area contributed by atoms with Crippen molar-refractivity contribution in [3.8, 4) is 0 Å². The number of fused-ring (bicyclic) bond motifs is 8. The quantitative estimate of drug-likeness (QED) is 0.0585. The van der Waals surface area contributed by atoms with Gasteiger partial charge in [0, 0.05) is 138 Å². The summed E-state index contributed by atoms with van der Waals surface area (Å²) < 4.78 is 0. The number of anilines is 4. The Hall–Kier alpha value is -8.16. The number of nitrogens with one attached hydrogen (secondary N) is 8. The fourth-order valence-corrected chi connectivity index (χ4v) is 22.0. The first-order valence-electron chi connectivity index (χ1n) is 39.8. The Morgan fingerprint density at radius 2 is 0.500 bits per heavy atom. The maximum Gasteiger partial charge on any atom is 0.236 e. The second kappa shape index (κ2) is 35.4. The minimum absolute atomic E-state index is 0.0187. The van der Waals surface area contributed by atoms with Crippen LogP contribution in [0.5, 0.6) is 0 Å². The topological polar surface area (TPSA) is 233 Å².